The number of halogens is 3. The molecule has 2 N–H and O–H groups in total. The summed E-state index contributed by atoms with van der Waals surface area (Å²) in [4.78, 5) is 17.0. The summed E-state index contributed by atoms with van der Waals surface area (Å²) in [5, 5.41) is 3.02. The summed E-state index contributed by atoms with van der Waals surface area (Å²) in [7, 11) is 0. The van der Waals surface area contributed by atoms with Crippen LogP contribution >= 0.6 is 34.8 Å². The van der Waals surface area contributed by atoms with Crippen LogP contribution in [0.1, 0.15) is 11.1 Å². The van der Waals surface area contributed by atoms with E-state index in [0.717, 1.165) is 16.8 Å². The molecule has 0 radical (unpaired) electrons. The third-order valence-electron chi connectivity index (χ3n) is 3.25. The molecule has 0 aliphatic carbocycles. The number of hydrogen-bond acceptors (Lipinski definition) is 4. The van der Waals surface area contributed by atoms with Crippen LogP contribution in [0, 0.1) is 6.92 Å². The van der Waals surface area contributed by atoms with E-state index in [-0.39, 0.29) is 6.42 Å². The summed E-state index contributed by atoms with van der Waals surface area (Å²) in [5.74, 6) is -0.480. The van der Waals surface area contributed by atoms with E-state index in [1.807, 2.05) is 61.5 Å². The highest BCUT2D eigenvalue weighted by atomic mass is 35.6. The fourth-order valence-electron chi connectivity index (χ4n) is 1.99. The summed E-state index contributed by atoms with van der Waals surface area (Å²) >= 11 is 17.9. The normalized spacial score (nSPS) is 12.5. The molecule has 0 saturated heterocycles. The van der Waals surface area contributed by atoms with Crippen molar-refractivity contribution in [3.8, 4) is 0 Å². The van der Waals surface area contributed by atoms with Crippen molar-refractivity contribution < 1.29 is 9.63 Å². The molecule has 2 rings (SSSR count). The van der Waals surface area contributed by atoms with Gasteiger partial charge in [-0.2, -0.15) is 0 Å². The summed E-state index contributed by atoms with van der Waals surface area (Å²) < 4.78 is -1.73. The Balaban J connectivity index is 1.97. The van der Waals surface area contributed by atoms with Gasteiger partial charge in [-0.15, -0.1) is 5.48 Å². The Bertz CT molecular complexity index is 675. The van der Waals surface area contributed by atoms with E-state index in [9.17, 15) is 4.79 Å². The Labute approximate surface area is 156 Å². The van der Waals surface area contributed by atoms with E-state index in [0.29, 0.717) is 0 Å². The first kappa shape index (κ1) is 18.9. The Morgan fingerprint density at radius 1 is 1.08 bits per heavy atom. The van der Waals surface area contributed by atoms with Gasteiger partial charge in [0.15, 0.2) is 6.17 Å². The van der Waals surface area contributed by atoms with Gasteiger partial charge in [-0.25, -0.2) is 0 Å². The maximum atomic E-state index is 11.9. The van der Waals surface area contributed by atoms with Gasteiger partial charge in [0.05, 0.1) is 6.42 Å². The molecule has 2 aromatic rings. The van der Waals surface area contributed by atoms with Crippen LogP contribution in [0.25, 0.3) is 0 Å². The lowest BCUT2D eigenvalue weighted by atomic mass is 10.2. The number of hydroxylamine groups is 1. The molecule has 7 heteroatoms. The Hall–Kier alpha value is -1.46. The fourth-order valence-corrected chi connectivity index (χ4v) is 2.29. The molecule has 128 valence electrons. The number of anilines is 1. The average molecular weight is 388 g/mol. The number of aryl methyl sites for hydroxylation is 1. The van der Waals surface area contributed by atoms with Gasteiger partial charge >= 0.3 is 5.97 Å². The van der Waals surface area contributed by atoms with Crippen molar-refractivity contribution >= 4 is 46.5 Å². The second kappa shape index (κ2) is 8.58. The first-order chi connectivity index (χ1) is 11.4. The van der Waals surface area contributed by atoms with E-state index < -0.39 is 15.9 Å². The SMILES string of the molecule is Cc1ccccc1NC(NOC(=O)Cc1ccccc1)C(Cl)(Cl)Cl. The zero-order valence-electron chi connectivity index (χ0n) is 12.9. The number of hydrogen-bond donors (Lipinski definition) is 2. The predicted octanol–water partition coefficient (Wildman–Crippen LogP) is 4.39. The van der Waals surface area contributed by atoms with Crippen LogP contribution < -0.4 is 10.8 Å². The fraction of sp³-hybridized carbons (Fsp3) is 0.235. The lowest BCUT2D eigenvalue weighted by Crippen LogP contribution is -2.47. The molecule has 0 aromatic heterocycles. The summed E-state index contributed by atoms with van der Waals surface area (Å²) in [6.45, 7) is 1.92. The van der Waals surface area contributed by atoms with Crippen LogP contribution in [0.5, 0.6) is 0 Å². The molecule has 0 fully saturated rings. The minimum Gasteiger partial charge on any atom is -0.368 e. The highest BCUT2D eigenvalue weighted by molar-refractivity contribution is 6.68. The highest BCUT2D eigenvalue weighted by Crippen LogP contribution is 2.31. The number of para-hydroxylation sites is 1. The minimum absolute atomic E-state index is 0.116. The molecular formula is C17H17Cl3N2O2. The van der Waals surface area contributed by atoms with Gasteiger partial charge in [0.1, 0.15) is 0 Å². The zero-order valence-corrected chi connectivity index (χ0v) is 15.2. The largest absolute Gasteiger partial charge is 0.368 e. The van der Waals surface area contributed by atoms with Crippen LogP contribution in [0.2, 0.25) is 0 Å². The minimum atomic E-state index is -1.73. The number of alkyl halides is 3. The van der Waals surface area contributed by atoms with Crippen LogP contribution in [0.15, 0.2) is 54.6 Å². The van der Waals surface area contributed by atoms with Crippen molar-refractivity contribution in [2.75, 3.05) is 5.32 Å². The molecule has 0 aliphatic heterocycles. The van der Waals surface area contributed by atoms with Crippen LogP contribution in [0.3, 0.4) is 0 Å². The molecule has 0 aliphatic rings. The molecule has 1 unspecified atom stereocenters. The number of carbonyl (C=O) groups is 1. The molecule has 0 heterocycles. The topological polar surface area (TPSA) is 50.4 Å². The number of nitrogens with one attached hydrogen (secondary N) is 2. The van der Waals surface area contributed by atoms with Gasteiger partial charge in [0.2, 0.25) is 3.79 Å². The smallest absolute Gasteiger partial charge is 0.329 e. The van der Waals surface area contributed by atoms with Gasteiger partial charge < -0.3 is 10.2 Å². The number of benzene rings is 2. The first-order valence-electron chi connectivity index (χ1n) is 7.24. The van der Waals surface area contributed by atoms with Gasteiger partial charge in [-0.05, 0) is 24.1 Å². The average Bonchev–Trinajstić information content (AvgIpc) is 2.53. The third-order valence-corrected chi connectivity index (χ3v) is 3.91. The predicted molar refractivity (Wildman–Crippen MR) is 98.3 cm³/mol. The van der Waals surface area contributed by atoms with Crippen molar-refractivity contribution in [2.24, 2.45) is 0 Å². The zero-order chi connectivity index (χ0) is 17.6. The van der Waals surface area contributed by atoms with Gasteiger partial charge in [-0.3, -0.25) is 4.79 Å². The van der Waals surface area contributed by atoms with Crippen molar-refractivity contribution in [1.82, 2.24) is 5.48 Å². The van der Waals surface area contributed by atoms with Crippen molar-refractivity contribution in [3.05, 3.63) is 65.7 Å². The van der Waals surface area contributed by atoms with E-state index in [1.54, 1.807) is 0 Å². The van der Waals surface area contributed by atoms with Crippen LogP contribution in [-0.2, 0) is 16.1 Å². The maximum absolute atomic E-state index is 11.9. The summed E-state index contributed by atoms with van der Waals surface area (Å²) in [5.41, 5.74) is 5.06. The van der Waals surface area contributed by atoms with Crippen LogP contribution in [0.4, 0.5) is 5.69 Å². The first-order valence-corrected chi connectivity index (χ1v) is 8.37. The maximum Gasteiger partial charge on any atom is 0.329 e. The van der Waals surface area contributed by atoms with Gasteiger partial charge in [0, 0.05) is 5.69 Å². The van der Waals surface area contributed by atoms with Gasteiger partial charge in [-0.1, -0.05) is 83.3 Å². The molecular weight excluding hydrogens is 371 g/mol. The standard InChI is InChI=1S/C17H17Cl3N2O2/c1-12-7-5-6-10-14(12)21-16(17(18,19)20)22-24-15(23)11-13-8-3-2-4-9-13/h2-10,16,21-22H,11H2,1H3. The lowest BCUT2D eigenvalue weighted by molar-refractivity contribution is -0.151. The number of rotatable bonds is 6. The van der Waals surface area contributed by atoms with Crippen molar-refractivity contribution in [1.29, 1.82) is 0 Å². The van der Waals surface area contributed by atoms with E-state index in [1.165, 1.54) is 0 Å². The summed E-state index contributed by atoms with van der Waals surface area (Å²) in [6, 6.07) is 16.7. The van der Waals surface area contributed by atoms with Crippen molar-refractivity contribution in [3.63, 3.8) is 0 Å². The van der Waals surface area contributed by atoms with Gasteiger partial charge in [0.25, 0.3) is 0 Å². The molecule has 24 heavy (non-hydrogen) atoms. The molecule has 0 spiro atoms. The molecule has 1 atom stereocenters. The summed E-state index contributed by atoms with van der Waals surface area (Å²) in [6.07, 6.45) is -0.798. The molecule has 4 nitrogen and oxygen atoms in total. The number of carbonyl (C=O) groups excluding carboxylic acids is 1. The second-order valence-electron chi connectivity index (χ2n) is 5.19. The Morgan fingerprint density at radius 2 is 1.71 bits per heavy atom. The van der Waals surface area contributed by atoms with Crippen molar-refractivity contribution in [2.45, 2.75) is 23.3 Å². The highest BCUT2D eigenvalue weighted by Gasteiger charge is 2.34. The molecule has 2 aromatic carbocycles. The van der Waals surface area contributed by atoms with E-state index >= 15 is 0 Å². The molecule has 0 amide bonds. The lowest BCUT2D eigenvalue weighted by Gasteiger charge is -2.27. The molecule has 0 saturated carbocycles. The Kier molecular flexibility index (Phi) is 6.75. The van der Waals surface area contributed by atoms with E-state index in [4.69, 9.17) is 39.6 Å². The van der Waals surface area contributed by atoms with Crippen LogP contribution in [-0.4, -0.2) is 15.9 Å². The monoisotopic (exact) mass is 386 g/mol. The Morgan fingerprint density at radius 3 is 2.33 bits per heavy atom. The second-order valence-corrected chi connectivity index (χ2v) is 7.56. The molecule has 0 bridgehead atoms. The third kappa shape index (κ3) is 5.87. The quantitative estimate of drug-likeness (QED) is 0.438. The van der Waals surface area contributed by atoms with E-state index in [2.05, 4.69) is 10.8 Å².